The van der Waals surface area contributed by atoms with Gasteiger partial charge in [0.2, 0.25) is 5.91 Å². The fraction of sp³-hybridized carbons (Fsp3) is 0.478. The smallest absolute Gasteiger partial charge is 0.254 e. The van der Waals surface area contributed by atoms with Crippen molar-refractivity contribution in [2.45, 2.75) is 50.1 Å². The van der Waals surface area contributed by atoms with E-state index >= 15 is 0 Å². The quantitative estimate of drug-likeness (QED) is 0.776. The molecule has 1 aromatic carbocycles. The number of rotatable bonds is 6. The molecule has 2 atom stereocenters. The van der Waals surface area contributed by atoms with Gasteiger partial charge >= 0.3 is 0 Å². The molecule has 0 spiro atoms. The number of methoxy groups -OCH3 is 1. The minimum Gasteiger partial charge on any atom is -0.383 e. The third kappa shape index (κ3) is 4.09. The van der Waals surface area contributed by atoms with Crippen LogP contribution in [0.15, 0.2) is 41.8 Å². The molecule has 1 aromatic heterocycles. The molecule has 154 valence electrons. The van der Waals surface area contributed by atoms with E-state index in [1.165, 1.54) is 19.3 Å². The molecule has 2 amide bonds. The normalized spacial score (nSPS) is 22.4. The van der Waals surface area contributed by atoms with Gasteiger partial charge < -0.3 is 15.0 Å². The van der Waals surface area contributed by atoms with E-state index in [4.69, 9.17) is 4.74 Å². The van der Waals surface area contributed by atoms with Gasteiger partial charge in [-0.25, -0.2) is 0 Å². The Kier molecular flexibility index (Phi) is 6.31. The summed E-state index contributed by atoms with van der Waals surface area (Å²) in [6, 6.07) is 11.5. The van der Waals surface area contributed by atoms with Crippen LogP contribution in [0, 0.1) is 0 Å². The molecule has 1 aliphatic heterocycles. The fourth-order valence-electron chi connectivity index (χ4n) is 4.62. The molecule has 2 aliphatic rings. The highest BCUT2D eigenvalue weighted by Gasteiger charge is 2.44. The molecule has 6 heteroatoms. The lowest BCUT2D eigenvalue weighted by Gasteiger charge is -2.41. The van der Waals surface area contributed by atoms with Gasteiger partial charge in [0.25, 0.3) is 5.91 Å². The van der Waals surface area contributed by atoms with E-state index in [0.717, 1.165) is 23.3 Å². The molecule has 1 saturated carbocycles. The van der Waals surface area contributed by atoms with E-state index in [9.17, 15) is 9.59 Å². The first kappa shape index (κ1) is 20.1. The SMILES string of the molecule is COCCN1C(=O)c2ccccc2C(C(=O)NC2CCCCC2)C1c1cccs1. The first-order valence-corrected chi connectivity index (χ1v) is 11.3. The van der Waals surface area contributed by atoms with Crippen LogP contribution >= 0.6 is 11.3 Å². The Balaban J connectivity index is 1.74. The Morgan fingerprint density at radius 2 is 1.97 bits per heavy atom. The molecule has 0 bridgehead atoms. The molecule has 29 heavy (non-hydrogen) atoms. The summed E-state index contributed by atoms with van der Waals surface area (Å²) in [5, 5.41) is 5.31. The number of nitrogens with one attached hydrogen (secondary N) is 1. The van der Waals surface area contributed by atoms with Crippen LogP contribution in [0.2, 0.25) is 0 Å². The largest absolute Gasteiger partial charge is 0.383 e. The number of amides is 2. The summed E-state index contributed by atoms with van der Waals surface area (Å²) in [6.45, 7) is 0.895. The molecular weight excluding hydrogens is 384 g/mol. The minimum atomic E-state index is -0.415. The number of carbonyl (C=O) groups is 2. The number of ether oxygens (including phenoxy) is 1. The average molecular weight is 413 g/mol. The maximum atomic E-state index is 13.6. The van der Waals surface area contributed by atoms with Gasteiger partial charge in [-0.05, 0) is 35.9 Å². The highest BCUT2D eigenvalue weighted by molar-refractivity contribution is 7.10. The minimum absolute atomic E-state index is 0.0256. The molecule has 0 saturated heterocycles. The standard InChI is InChI=1S/C23H28N2O3S/c1-28-14-13-25-21(19-12-7-15-29-19)20(17-10-5-6-11-18(17)23(25)27)22(26)24-16-8-3-2-4-9-16/h5-7,10-12,15-16,20-21H,2-4,8-9,13-14H2,1H3,(H,24,26). The topological polar surface area (TPSA) is 58.6 Å². The van der Waals surface area contributed by atoms with Gasteiger partial charge in [-0.3, -0.25) is 9.59 Å². The van der Waals surface area contributed by atoms with E-state index in [0.29, 0.717) is 18.7 Å². The van der Waals surface area contributed by atoms with Crippen molar-refractivity contribution in [2.75, 3.05) is 20.3 Å². The van der Waals surface area contributed by atoms with Crippen molar-refractivity contribution in [3.63, 3.8) is 0 Å². The van der Waals surface area contributed by atoms with Crippen LogP contribution in [0.1, 0.15) is 64.9 Å². The van der Waals surface area contributed by atoms with Crippen molar-refractivity contribution in [1.29, 1.82) is 0 Å². The Morgan fingerprint density at radius 3 is 2.69 bits per heavy atom. The van der Waals surface area contributed by atoms with Crippen LogP contribution in [0.5, 0.6) is 0 Å². The van der Waals surface area contributed by atoms with Crippen LogP contribution in [0.25, 0.3) is 0 Å². The predicted octanol–water partition coefficient (Wildman–Crippen LogP) is 4.12. The summed E-state index contributed by atoms with van der Waals surface area (Å²) in [4.78, 5) is 29.8. The Morgan fingerprint density at radius 1 is 1.17 bits per heavy atom. The van der Waals surface area contributed by atoms with Gasteiger partial charge in [0.15, 0.2) is 0 Å². The molecule has 2 unspecified atom stereocenters. The summed E-state index contributed by atoms with van der Waals surface area (Å²) in [5.74, 6) is -0.420. The highest BCUT2D eigenvalue weighted by Crippen LogP contribution is 2.44. The zero-order valence-corrected chi connectivity index (χ0v) is 17.6. The molecule has 5 nitrogen and oxygen atoms in total. The molecule has 1 fully saturated rings. The predicted molar refractivity (Wildman–Crippen MR) is 114 cm³/mol. The summed E-state index contributed by atoms with van der Waals surface area (Å²) in [6.07, 6.45) is 5.65. The number of hydrogen-bond donors (Lipinski definition) is 1. The molecule has 1 aliphatic carbocycles. The fourth-order valence-corrected chi connectivity index (χ4v) is 5.50. The van der Waals surface area contributed by atoms with Crippen LogP contribution in [-0.2, 0) is 9.53 Å². The zero-order chi connectivity index (χ0) is 20.2. The van der Waals surface area contributed by atoms with Gasteiger partial charge in [0, 0.05) is 30.1 Å². The van der Waals surface area contributed by atoms with Crippen LogP contribution in [0.3, 0.4) is 0 Å². The van der Waals surface area contributed by atoms with Gasteiger partial charge in [0.05, 0.1) is 18.6 Å². The summed E-state index contributed by atoms with van der Waals surface area (Å²) in [7, 11) is 1.63. The number of benzene rings is 1. The molecule has 0 radical (unpaired) electrons. The monoisotopic (exact) mass is 412 g/mol. The number of thiophene rings is 1. The van der Waals surface area contributed by atoms with E-state index in [-0.39, 0.29) is 23.9 Å². The lowest BCUT2D eigenvalue weighted by atomic mass is 9.81. The zero-order valence-electron chi connectivity index (χ0n) is 16.8. The summed E-state index contributed by atoms with van der Waals surface area (Å²) < 4.78 is 5.27. The lowest BCUT2D eigenvalue weighted by molar-refractivity contribution is -0.125. The average Bonchev–Trinajstić information content (AvgIpc) is 3.28. The van der Waals surface area contributed by atoms with Crippen molar-refractivity contribution in [3.8, 4) is 0 Å². The van der Waals surface area contributed by atoms with E-state index < -0.39 is 5.92 Å². The number of hydrogen-bond acceptors (Lipinski definition) is 4. The van der Waals surface area contributed by atoms with E-state index in [1.54, 1.807) is 18.4 Å². The maximum absolute atomic E-state index is 13.6. The lowest BCUT2D eigenvalue weighted by Crippen LogP contribution is -2.49. The first-order valence-electron chi connectivity index (χ1n) is 10.4. The summed E-state index contributed by atoms with van der Waals surface area (Å²) in [5.41, 5.74) is 1.46. The van der Waals surface area contributed by atoms with Gasteiger partial charge in [0.1, 0.15) is 0 Å². The first-order chi connectivity index (χ1) is 14.2. The van der Waals surface area contributed by atoms with Crippen molar-refractivity contribution in [2.24, 2.45) is 0 Å². The molecular formula is C23H28N2O3S. The van der Waals surface area contributed by atoms with Crippen molar-refractivity contribution < 1.29 is 14.3 Å². The second-order valence-corrected chi connectivity index (χ2v) is 8.84. The van der Waals surface area contributed by atoms with Crippen LogP contribution < -0.4 is 5.32 Å². The number of carbonyl (C=O) groups excluding carboxylic acids is 2. The number of fused-ring (bicyclic) bond motifs is 1. The van der Waals surface area contributed by atoms with E-state index in [1.807, 2.05) is 46.7 Å². The van der Waals surface area contributed by atoms with Crippen LogP contribution in [-0.4, -0.2) is 43.0 Å². The van der Waals surface area contributed by atoms with Gasteiger partial charge in [-0.1, -0.05) is 43.5 Å². The number of nitrogens with zero attached hydrogens (tertiary/aromatic N) is 1. The van der Waals surface area contributed by atoms with Crippen molar-refractivity contribution in [3.05, 3.63) is 57.8 Å². The molecule has 2 aromatic rings. The third-order valence-corrected chi connectivity index (χ3v) is 6.99. The second kappa shape index (κ2) is 9.09. The van der Waals surface area contributed by atoms with Crippen LogP contribution in [0.4, 0.5) is 0 Å². The summed E-state index contributed by atoms with van der Waals surface area (Å²) >= 11 is 1.60. The molecule has 4 rings (SSSR count). The second-order valence-electron chi connectivity index (χ2n) is 7.86. The van der Waals surface area contributed by atoms with Crippen molar-refractivity contribution in [1.82, 2.24) is 10.2 Å². The third-order valence-electron chi connectivity index (χ3n) is 6.04. The van der Waals surface area contributed by atoms with Gasteiger partial charge in [-0.15, -0.1) is 11.3 Å². The van der Waals surface area contributed by atoms with Crippen molar-refractivity contribution >= 4 is 23.2 Å². The molecule has 2 heterocycles. The molecule has 1 N–H and O–H groups in total. The maximum Gasteiger partial charge on any atom is 0.254 e. The Labute approximate surface area is 176 Å². The Hall–Kier alpha value is -2.18. The van der Waals surface area contributed by atoms with E-state index in [2.05, 4.69) is 5.32 Å². The van der Waals surface area contributed by atoms with Gasteiger partial charge in [-0.2, -0.15) is 0 Å². The highest BCUT2D eigenvalue weighted by atomic mass is 32.1. The Bertz CT molecular complexity index is 846.